The molecule has 0 unspecified atom stereocenters. The predicted molar refractivity (Wildman–Crippen MR) is 178 cm³/mol. The summed E-state index contributed by atoms with van der Waals surface area (Å²) in [5.41, 5.74) is 2.21. The van der Waals surface area contributed by atoms with E-state index in [-0.39, 0.29) is 48.8 Å². The molecule has 8 nitrogen and oxygen atoms in total. The molecule has 1 atom stereocenters. The van der Waals surface area contributed by atoms with Gasteiger partial charge in [0.2, 0.25) is 21.8 Å². The highest BCUT2D eigenvalue weighted by Crippen LogP contribution is 2.30. The SMILES string of the molecule is COc1ccc(N(CCCC(=O)N(Cc2cccc(Br)c2)[C@H](Cc2ccccc2)C(=O)NC2CCCC2)S(C)(=O)=O)cc1Cl. The van der Waals surface area contributed by atoms with Crippen LogP contribution in [0.2, 0.25) is 5.02 Å². The molecule has 0 spiro atoms. The van der Waals surface area contributed by atoms with E-state index in [1.165, 1.54) is 17.5 Å². The van der Waals surface area contributed by atoms with Gasteiger partial charge in [0, 0.05) is 36.4 Å². The Bertz CT molecular complexity index is 1530. The van der Waals surface area contributed by atoms with E-state index in [0.29, 0.717) is 17.9 Å². The maximum absolute atomic E-state index is 14.0. The standard InChI is InChI=1S/C33H39BrClN3O5S/c1-43-31-18-17-28(22-29(31)35)38(44(2,41)42)19-9-16-32(39)37(23-25-12-8-13-26(34)20-25)30(21-24-10-4-3-5-11-24)33(40)36-27-14-6-7-15-27/h3-5,8,10-13,17-18,20,22,27,30H,6-7,9,14-16,19,21,23H2,1-2H3,(H,36,40)/t30-/m1/s1. The van der Waals surface area contributed by atoms with Crippen LogP contribution in [0.3, 0.4) is 0 Å². The number of halogens is 2. The lowest BCUT2D eigenvalue weighted by molar-refractivity contribution is -0.141. The number of amides is 2. The van der Waals surface area contributed by atoms with E-state index >= 15 is 0 Å². The van der Waals surface area contributed by atoms with Gasteiger partial charge in [-0.05, 0) is 60.7 Å². The molecule has 0 aromatic heterocycles. The number of rotatable bonds is 14. The summed E-state index contributed by atoms with van der Waals surface area (Å²) in [4.78, 5) is 29.6. The Morgan fingerprint density at radius 2 is 1.73 bits per heavy atom. The van der Waals surface area contributed by atoms with Crippen molar-refractivity contribution in [3.8, 4) is 5.75 Å². The van der Waals surface area contributed by atoms with Gasteiger partial charge in [-0.15, -0.1) is 0 Å². The summed E-state index contributed by atoms with van der Waals surface area (Å²) in [5, 5.41) is 3.49. The van der Waals surface area contributed by atoms with Gasteiger partial charge in [-0.3, -0.25) is 13.9 Å². The highest BCUT2D eigenvalue weighted by molar-refractivity contribution is 9.10. The monoisotopic (exact) mass is 703 g/mol. The molecule has 4 rings (SSSR count). The Labute approximate surface area is 273 Å². The summed E-state index contributed by atoms with van der Waals surface area (Å²) >= 11 is 9.80. The van der Waals surface area contributed by atoms with Crippen LogP contribution in [0.15, 0.2) is 77.3 Å². The molecule has 1 N–H and O–H groups in total. The number of nitrogens with zero attached hydrogens (tertiary/aromatic N) is 2. The first-order valence-electron chi connectivity index (χ1n) is 14.7. The quantitative estimate of drug-likeness (QED) is 0.211. The molecule has 236 valence electrons. The number of nitrogens with one attached hydrogen (secondary N) is 1. The molecule has 0 radical (unpaired) electrons. The van der Waals surface area contributed by atoms with Gasteiger partial charge in [0.25, 0.3) is 0 Å². The molecule has 0 heterocycles. The van der Waals surface area contributed by atoms with Crippen molar-refractivity contribution in [2.24, 2.45) is 0 Å². The fourth-order valence-corrected chi connectivity index (χ4v) is 7.22. The number of anilines is 1. The Morgan fingerprint density at radius 1 is 1.02 bits per heavy atom. The molecule has 2 amide bonds. The number of benzene rings is 3. The first-order chi connectivity index (χ1) is 21.0. The summed E-state index contributed by atoms with van der Waals surface area (Å²) in [6.45, 7) is 0.299. The number of carbonyl (C=O) groups excluding carboxylic acids is 2. The highest BCUT2D eigenvalue weighted by Gasteiger charge is 2.32. The second kappa shape index (κ2) is 15.8. The normalized spacial score (nSPS) is 14.2. The zero-order valence-electron chi connectivity index (χ0n) is 25.0. The van der Waals surface area contributed by atoms with Crippen molar-refractivity contribution in [1.82, 2.24) is 10.2 Å². The van der Waals surface area contributed by atoms with Crippen molar-refractivity contribution in [2.75, 3.05) is 24.2 Å². The van der Waals surface area contributed by atoms with Crippen LogP contribution in [-0.4, -0.2) is 57.1 Å². The van der Waals surface area contributed by atoms with Crippen LogP contribution in [0.1, 0.15) is 49.7 Å². The first kappa shape index (κ1) is 33.8. The molecule has 44 heavy (non-hydrogen) atoms. The van der Waals surface area contributed by atoms with Crippen LogP contribution in [0.25, 0.3) is 0 Å². The lowest BCUT2D eigenvalue weighted by atomic mass is 10.0. The maximum atomic E-state index is 14.0. The van der Waals surface area contributed by atoms with Gasteiger partial charge in [-0.25, -0.2) is 8.42 Å². The molecule has 0 bridgehead atoms. The number of carbonyl (C=O) groups is 2. The van der Waals surface area contributed by atoms with Crippen molar-refractivity contribution >= 4 is 55.1 Å². The second-order valence-corrected chi connectivity index (χ2v) is 14.3. The fraction of sp³-hybridized carbons (Fsp3) is 0.394. The van der Waals surface area contributed by atoms with Crippen molar-refractivity contribution in [2.45, 2.75) is 63.6 Å². The molecule has 1 fully saturated rings. The third-order valence-electron chi connectivity index (χ3n) is 7.79. The lowest BCUT2D eigenvalue weighted by Crippen LogP contribution is -2.52. The van der Waals surface area contributed by atoms with Gasteiger partial charge in [-0.1, -0.05) is 82.8 Å². The van der Waals surface area contributed by atoms with E-state index < -0.39 is 16.1 Å². The zero-order valence-corrected chi connectivity index (χ0v) is 28.2. The van der Waals surface area contributed by atoms with Gasteiger partial charge in [0.15, 0.2) is 0 Å². The zero-order chi connectivity index (χ0) is 31.7. The van der Waals surface area contributed by atoms with Crippen LogP contribution in [0.4, 0.5) is 5.69 Å². The number of sulfonamides is 1. The number of methoxy groups -OCH3 is 1. The number of ether oxygens (including phenoxy) is 1. The van der Waals surface area contributed by atoms with Crippen LogP contribution < -0.4 is 14.4 Å². The van der Waals surface area contributed by atoms with Crippen molar-refractivity contribution in [3.63, 3.8) is 0 Å². The van der Waals surface area contributed by atoms with Gasteiger partial charge in [-0.2, -0.15) is 0 Å². The lowest BCUT2D eigenvalue weighted by Gasteiger charge is -2.33. The summed E-state index contributed by atoms with van der Waals surface area (Å²) < 4.78 is 32.8. The molecule has 3 aromatic rings. The molecular formula is C33H39BrClN3O5S. The van der Waals surface area contributed by atoms with Crippen molar-refractivity contribution in [3.05, 3.63) is 93.4 Å². The molecule has 11 heteroatoms. The van der Waals surface area contributed by atoms with Crippen LogP contribution in [0, 0.1) is 0 Å². The average Bonchev–Trinajstić information content (AvgIpc) is 3.50. The summed E-state index contributed by atoms with van der Waals surface area (Å²) in [6, 6.07) is 21.5. The van der Waals surface area contributed by atoms with E-state index in [4.69, 9.17) is 16.3 Å². The van der Waals surface area contributed by atoms with Crippen LogP contribution in [0.5, 0.6) is 5.75 Å². The minimum absolute atomic E-state index is 0.0475. The predicted octanol–water partition coefficient (Wildman–Crippen LogP) is 6.36. The Balaban J connectivity index is 1.59. The van der Waals surface area contributed by atoms with E-state index in [1.54, 1.807) is 17.0 Å². The van der Waals surface area contributed by atoms with Gasteiger partial charge in [0.1, 0.15) is 11.8 Å². The van der Waals surface area contributed by atoms with E-state index in [1.807, 2.05) is 54.6 Å². The third kappa shape index (κ3) is 9.46. The molecule has 0 saturated heterocycles. The highest BCUT2D eigenvalue weighted by atomic mass is 79.9. The molecular weight excluding hydrogens is 666 g/mol. The van der Waals surface area contributed by atoms with Gasteiger partial charge in [0.05, 0.1) is 24.1 Å². The van der Waals surface area contributed by atoms with Crippen molar-refractivity contribution < 1.29 is 22.7 Å². The molecule has 1 aliphatic carbocycles. The van der Waals surface area contributed by atoms with Crippen molar-refractivity contribution in [1.29, 1.82) is 0 Å². The van der Waals surface area contributed by atoms with Gasteiger partial charge < -0.3 is 15.0 Å². The number of hydrogen-bond acceptors (Lipinski definition) is 5. The minimum Gasteiger partial charge on any atom is -0.495 e. The minimum atomic E-state index is -3.67. The molecule has 0 aliphatic heterocycles. The summed E-state index contributed by atoms with van der Waals surface area (Å²) in [5.74, 6) is 0.0333. The molecule has 1 aliphatic rings. The molecule has 3 aromatic carbocycles. The third-order valence-corrected chi connectivity index (χ3v) is 9.77. The summed E-state index contributed by atoms with van der Waals surface area (Å²) in [6.07, 6.45) is 5.78. The number of hydrogen-bond donors (Lipinski definition) is 1. The maximum Gasteiger partial charge on any atom is 0.243 e. The largest absolute Gasteiger partial charge is 0.495 e. The fourth-order valence-electron chi connectivity index (χ4n) is 5.57. The van der Waals surface area contributed by atoms with Crippen LogP contribution in [-0.2, 0) is 32.6 Å². The Morgan fingerprint density at radius 3 is 2.36 bits per heavy atom. The van der Waals surface area contributed by atoms with E-state index in [2.05, 4.69) is 21.2 Å². The van der Waals surface area contributed by atoms with Gasteiger partial charge >= 0.3 is 0 Å². The molecule has 1 saturated carbocycles. The van der Waals surface area contributed by atoms with E-state index in [0.717, 1.165) is 47.5 Å². The Kier molecular flexibility index (Phi) is 12.1. The van der Waals surface area contributed by atoms with Crippen LogP contribution >= 0.6 is 27.5 Å². The average molecular weight is 705 g/mol. The smallest absolute Gasteiger partial charge is 0.243 e. The Hall–Kier alpha value is -3.08. The summed E-state index contributed by atoms with van der Waals surface area (Å²) in [7, 11) is -2.18. The topological polar surface area (TPSA) is 96.0 Å². The first-order valence-corrected chi connectivity index (χ1v) is 17.8. The van der Waals surface area contributed by atoms with E-state index in [9.17, 15) is 18.0 Å². The second-order valence-electron chi connectivity index (χ2n) is 11.1.